The molecular weight excluding hydrogens is 600 g/mol. The monoisotopic (exact) mass is 628 g/mol. The molecule has 2 amide bonds. The Morgan fingerprint density at radius 1 is 1.22 bits per heavy atom. The van der Waals surface area contributed by atoms with Crippen LogP contribution in [0.2, 0.25) is 5.02 Å². The minimum absolute atomic E-state index is 0.0308. The van der Waals surface area contributed by atoms with Gasteiger partial charge in [0, 0.05) is 6.07 Å². The molecule has 1 fully saturated rings. The number of piperidine rings is 1. The zero-order chi connectivity index (χ0) is 30.4. The minimum Gasteiger partial charge on any atom is -0.484 e. The molecule has 1 aliphatic heterocycles. The predicted octanol–water partition coefficient (Wildman–Crippen LogP) is 5.10. The van der Waals surface area contributed by atoms with Crippen LogP contribution in [0.4, 0.5) is 22.4 Å². The number of rotatable bonds is 10. The number of likely N-dealkylation sites (tertiary alicyclic amines) is 1. The van der Waals surface area contributed by atoms with E-state index in [9.17, 15) is 27.2 Å². The second kappa shape index (κ2) is 13.3. The Labute approximate surface area is 242 Å². The van der Waals surface area contributed by atoms with Crippen LogP contribution in [0.1, 0.15) is 45.5 Å². The molecule has 1 saturated heterocycles. The molecule has 1 aromatic heterocycles. The molecule has 0 radical (unpaired) electrons. The Balaban J connectivity index is 1.71. The van der Waals surface area contributed by atoms with Crippen LogP contribution in [0.3, 0.4) is 0 Å². The summed E-state index contributed by atoms with van der Waals surface area (Å²) in [6.07, 6.45) is -3.59. The number of hydrogen-bond acceptors (Lipinski definition) is 10. The number of aromatic nitrogens is 2. The zero-order valence-corrected chi connectivity index (χ0v) is 24.1. The van der Waals surface area contributed by atoms with E-state index in [1.807, 2.05) is 0 Å². The van der Waals surface area contributed by atoms with Crippen molar-refractivity contribution in [2.45, 2.75) is 56.5 Å². The smallest absolute Gasteiger partial charge is 0.484 e. The number of halogens is 5. The van der Waals surface area contributed by atoms with E-state index in [1.54, 1.807) is 27.0 Å². The number of amides is 2. The van der Waals surface area contributed by atoms with E-state index in [0.717, 1.165) is 6.07 Å². The Hall–Kier alpha value is -2.98. The second-order valence-electron chi connectivity index (χ2n) is 9.82. The van der Waals surface area contributed by atoms with E-state index in [2.05, 4.69) is 20.3 Å². The van der Waals surface area contributed by atoms with Crippen LogP contribution < -0.4 is 14.8 Å². The minimum atomic E-state index is -4.81. The maximum absolute atomic E-state index is 13.7. The Bertz CT molecular complexity index is 1210. The van der Waals surface area contributed by atoms with Gasteiger partial charge in [0.2, 0.25) is 5.89 Å². The third kappa shape index (κ3) is 9.81. The van der Waals surface area contributed by atoms with Crippen molar-refractivity contribution < 1.29 is 50.5 Å². The van der Waals surface area contributed by atoms with Crippen LogP contribution in [0.25, 0.3) is 0 Å². The van der Waals surface area contributed by atoms with Gasteiger partial charge < -0.3 is 23.9 Å². The number of hydrogen-bond donors (Lipinski definition) is 1. The van der Waals surface area contributed by atoms with Gasteiger partial charge in [-0.15, -0.1) is 30.0 Å². The number of thioether (sulfide) groups is 1. The zero-order valence-electron chi connectivity index (χ0n) is 22.5. The van der Waals surface area contributed by atoms with Crippen LogP contribution in [0, 0.1) is 5.82 Å². The van der Waals surface area contributed by atoms with Gasteiger partial charge in [-0.2, -0.15) is 0 Å². The van der Waals surface area contributed by atoms with E-state index in [-0.39, 0.29) is 29.6 Å². The van der Waals surface area contributed by atoms with Crippen LogP contribution in [-0.4, -0.2) is 76.6 Å². The highest BCUT2D eigenvalue weighted by Crippen LogP contribution is 2.40. The molecule has 228 valence electrons. The standard InChI is InChI=1S/C24H29ClF4N4O7S/c1-22(2,3)40-21(35)33-13-23(41-4,30-18(34)12-37-14-5-6-15(25)16(26)11-14)8-7-17(33)19-31-32-20(39-19)36-9-10-38-24(27,28)29/h5-6,11,17H,7-10,12-13H2,1-4H3,(H,30,34)/t17?,23-/m0/s1. The summed E-state index contributed by atoms with van der Waals surface area (Å²) >= 11 is 6.96. The molecule has 1 aliphatic rings. The van der Waals surface area contributed by atoms with Gasteiger partial charge in [0.1, 0.15) is 34.7 Å². The Morgan fingerprint density at radius 3 is 2.59 bits per heavy atom. The van der Waals surface area contributed by atoms with E-state index in [1.165, 1.54) is 28.8 Å². The molecule has 17 heteroatoms. The topological polar surface area (TPSA) is 125 Å². The fourth-order valence-electron chi connectivity index (χ4n) is 3.78. The second-order valence-corrected chi connectivity index (χ2v) is 11.4. The Morgan fingerprint density at radius 2 is 1.95 bits per heavy atom. The number of nitrogens with zero attached hydrogens (tertiary/aromatic N) is 3. The van der Waals surface area contributed by atoms with Crippen LogP contribution >= 0.6 is 23.4 Å². The van der Waals surface area contributed by atoms with Gasteiger partial charge >= 0.3 is 18.5 Å². The van der Waals surface area contributed by atoms with Crippen molar-refractivity contribution in [3.63, 3.8) is 0 Å². The van der Waals surface area contributed by atoms with E-state index in [4.69, 9.17) is 30.2 Å². The van der Waals surface area contributed by atoms with Gasteiger partial charge in [0.25, 0.3) is 5.91 Å². The van der Waals surface area contributed by atoms with E-state index < -0.39 is 66.6 Å². The maximum Gasteiger partial charge on any atom is 0.522 e. The first kappa shape index (κ1) is 32.5. The van der Waals surface area contributed by atoms with Gasteiger partial charge in [0.15, 0.2) is 6.61 Å². The van der Waals surface area contributed by atoms with Gasteiger partial charge in [-0.1, -0.05) is 16.7 Å². The molecule has 1 aromatic carbocycles. The highest BCUT2D eigenvalue weighted by molar-refractivity contribution is 8.00. The summed E-state index contributed by atoms with van der Waals surface area (Å²) in [7, 11) is 0. The SMILES string of the molecule is CS[C@@]1(NC(=O)COc2ccc(Cl)c(F)c2)CCC(c2nnc(OCCOC(F)(F)F)o2)N(C(=O)OC(C)(C)C)C1. The normalized spacial score (nSPS) is 19.5. The molecule has 0 bridgehead atoms. The molecule has 1 unspecified atom stereocenters. The first-order chi connectivity index (χ1) is 19.1. The molecule has 0 saturated carbocycles. The summed E-state index contributed by atoms with van der Waals surface area (Å²) in [5.41, 5.74) is -0.854. The van der Waals surface area contributed by atoms with Gasteiger partial charge in [-0.3, -0.25) is 14.4 Å². The molecule has 2 aromatic rings. The third-order valence-electron chi connectivity index (χ3n) is 5.55. The largest absolute Gasteiger partial charge is 0.522 e. The maximum atomic E-state index is 13.7. The molecule has 1 N–H and O–H groups in total. The number of carbonyl (C=O) groups excluding carboxylic acids is 2. The summed E-state index contributed by atoms with van der Waals surface area (Å²) in [5, 5.41) is 10.4. The van der Waals surface area contributed by atoms with Crippen LogP contribution in [0.15, 0.2) is 22.6 Å². The Kier molecular flexibility index (Phi) is 10.6. The molecular formula is C24H29ClF4N4O7S. The number of nitrogens with one attached hydrogen (secondary N) is 1. The molecule has 0 spiro atoms. The van der Waals surface area contributed by atoms with E-state index in [0.29, 0.717) is 6.42 Å². The van der Waals surface area contributed by atoms with Gasteiger partial charge in [0.05, 0.1) is 18.2 Å². The number of carbonyl (C=O) groups is 2. The van der Waals surface area contributed by atoms with Crippen molar-refractivity contribution in [1.82, 2.24) is 20.4 Å². The molecule has 2 heterocycles. The lowest BCUT2D eigenvalue weighted by atomic mass is 9.97. The first-order valence-corrected chi connectivity index (χ1v) is 13.8. The lowest BCUT2D eigenvalue weighted by molar-refractivity contribution is -0.325. The molecule has 0 aliphatic carbocycles. The molecule has 2 atom stereocenters. The van der Waals surface area contributed by atoms with E-state index >= 15 is 0 Å². The van der Waals surface area contributed by atoms with Crippen molar-refractivity contribution >= 4 is 35.4 Å². The summed E-state index contributed by atoms with van der Waals surface area (Å²) in [5.74, 6) is -1.14. The van der Waals surface area contributed by atoms with Crippen LogP contribution in [-0.2, 0) is 14.3 Å². The van der Waals surface area contributed by atoms with Gasteiger partial charge in [-0.05, 0) is 52.0 Å². The average molecular weight is 629 g/mol. The van der Waals surface area contributed by atoms with Crippen molar-refractivity contribution in [2.75, 3.05) is 32.6 Å². The lowest BCUT2D eigenvalue weighted by Gasteiger charge is -2.45. The van der Waals surface area contributed by atoms with Crippen molar-refractivity contribution in [3.8, 4) is 11.8 Å². The fraction of sp³-hybridized carbons (Fsp3) is 0.583. The van der Waals surface area contributed by atoms with Crippen molar-refractivity contribution in [2.24, 2.45) is 0 Å². The average Bonchev–Trinajstić information content (AvgIpc) is 3.34. The van der Waals surface area contributed by atoms with Gasteiger partial charge in [-0.25, -0.2) is 9.18 Å². The highest BCUT2D eigenvalue weighted by atomic mass is 35.5. The van der Waals surface area contributed by atoms with Crippen LogP contribution in [0.5, 0.6) is 11.8 Å². The van der Waals surface area contributed by atoms with Crippen molar-refractivity contribution in [3.05, 3.63) is 34.9 Å². The molecule has 11 nitrogen and oxygen atoms in total. The first-order valence-electron chi connectivity index (χ1n) is 12.2. The summed E-state index contributed by atoms with van der Waals surface area (Å²) in [6, 6.07) is 3.00. The third-order valence-corrected chi connectivity index (χ3v) is 7.08. The predicted molar refractivity (Wildman–Crippen MR) is 138 cm³/mol. The van der Waals surface area contributed by atoms with Crippen molar-refractivity contribution in [1.29, 1.82) is 0 Å². The number of benzene rings is 1. The lowest BCUT2D eigenvalue weighted by Crippen LogP contribution is -2.59. The molecule has 41 heavy (non-hydrogen) atoms. The number of alkyl halides is 3. The quantitative estimate of drug-likeness (QED) is 0.216. The summed E-state index contributed by atoms with van der Waals surface area (Å²) < 4.78 is 75.2. The number of ether oxygens (including phenoxy) is 4. The fourth-order valence-corrected chi connectivity index (χ4v) is 4.71. The summed E-state index contributed by atoms with van der Waals surface area (Å²) in [4.78, 5) is 26.4. The molecule has 3 rings (SSSR count). The summed E-state index contributed by atoms with van der Waals surface area (Å²) in [6.45, 7) is 3.30. The highest BCUT2D eigenvalue weighted by Gasteiger charge is 2.46.